The molecule has 1 N–H and O–H groups in total. The zero-order valence-corrected chi connectivity index (χ0v) is 9.93. The first-order valence-electron chi connectivity index (χ1n) is 5.45. The smallest absolute Gasteiger partial charge is 0.341 e. The van der Waals surface area contributed by atoms with Crippen molar-refractivity contribution in [2.75, 3.05) is 19.6 Å². The maximum Gasteiger partial charge on any atom is 0.471 e. The normalized spacial score (nSPS) is 11.1. The molecule has 0 rings (SSSR count). The second-order valence-corrected chi connectivity index (χ2v) is 3.51. The van der Waals surface area contributed by atoms with Gasteiger partial charge < -0.3 is 10.2 Å². The summed E-state index contributed by atoms with van der Waals surface area (Å²) in [5.41, 5.74) is 0. The van der Waals surface area contributed by atoms with Gasteiger partial charge in [-0.05, 0) is 13.3 Å². The van der Waals surface area contributed by atoms with Crippen molar-refractivity contribution in [3.8, 4) is 0 Å². The molecular weight excluding hydrogens is 237 g/mol. The first-order chi connectivity index (χ1) is 7.82. The number of alkyl halides is 3. The Balaban J connectivity index is 4.11. The molecule has 0 heterocycles. The van der Waals surface area contributed by atoms with Crippen LogP contribution in [0.15, 0.2) is 0 Å². The third kappa shape index (κ3) is 6.13. The Bertz CT molecular complexity index is 267. The van der Waals surface area contributed by atoms with Crippen LogP contribution in [-0.4, -0.2) is 42.5 Å². The van der Waals surface area contributed by atoms with E-state index in [0.717, 1.165) is 12.8 Å². The van der Waals surface area contributed by atoms with Crippen LogP contribution in [0.5, 0.6) is 0 Å². The molecule has 0 aliphatic rings. The molecule has 0 saturated heterocycles. The number of unbranched alkanes of at least 4 members (excludes halogenated alkanes) is 1. The van der Waals surface area contributed by atoms with Crippen LogP contribution >= 0.6 is 0 Å². The van der Waals surface area contributed by atoms with Crippen LogP contribution in [0, 0.1) is 0 Å². The number of carbonyl (C=O) groups excluding carboxylic acids is 2. The molecule has 100 valence electrons. The van der Waals surface area contributed by atoms with Gasteiger partial charge in [0.1, 0.15) is 0 Å². The second kappa shape index (κ2) is 7.13. The molecule has 17 heavy (non-hydrogen) atoms. The number of carbonyl (C=O) groups is 2. The summed E-state index contributed by atoms with van der Waals surface area (Å²) in [6, 6.07) is 0. The highest BCUT2D eigenvalue weighted by atomic mass is 19.4. The van der Waals surface area contributed by atoms with Crippen molar-refractivity contribution in [3.05, 3.63) is 0 Å². The first-order valence-corrected chi connectivity index (χ1v) is 5.45. The van der Waals surface area contributed by atoms with E-state index in [1.54, 1.807) is 12.2 Å². The summed E-state index contributed by atoms with van der Waals surface area (Å²) in [6.45, 7) is 3.98. The predicted molar refractivity (Wildman–Crippen MR) is 56.2 cm³/mol. The van der Waals surface area contributed by atoms with Crippen LogP contribution in [0.4, 0.5) is 13.2 Å². The van der Waals surface area contributed by atoms with E-state index in [-0.39, 0.29) is 0 Å². The van der Waals surface area contributed by atoms with Gasteiger partial charge in [-0.1, -0.05) is 13.3 Å². The van der Waals surface area contributed by atoms with Crippen LogP contribution < -0.4 is 5.32 Å². The second-order valence-electron chi connectivity index (χ2n) is 3.51. The average Bonchev–Trinajstić information content (AvgIpc) is 2.25. The molecule has 0 aliphatic heterocycles. The van der Waals surface area contributed by atoms with Crippen molar-refractivity contribution < 1.29 is 22.8 Å². The standard InChI is InChI=1S/C10H17F3N2O2/c1-3-5-6-15(4-2)8(16)7-14-9(17)10(11,12)13/h3-7H2,1-2H3,(H,14,17). The summed E-state index contributed by atoms with van der Waals surface area (Å²) in [5, 5.41) is 1.56. The minimum absolute atomic E-state index is 0.417. The molecule has 0 fully saturated rings. The number of rotatable bonds is 6. The highest BCUT2D eigenvalue weighted by Crippen LogP contribution is 2.13. The van der Waals surface area contributed by atoms with Crippen LogP contribution in [0.1, 0.15) is 26.7 Å². The molecule has 0 spiro atoms. The van der Waals surface area contributed by atoms with E-state index in [4.69, 9.17) is 0 Å². The topological polar surface area (TPSA) is 49.4 Å². The largest absolute Gasteiger partial charge is 0.471 e. The lowest BCUT2D eigenvalue weighted by molar-refractivity contribution is -0.174. The van der Waals surface area contributed by atoms with Crippen LogP contribution in [0.25, 0.3) is 0 Å². The van der Waals surface area contributed by atoms with Crippen molar-refractivity contribution in [3.63, 3.8) is 0 Å². The zero-order chi connectivity index (χ0) is 13.5. The van der Waals surface area contributed by atoms with Gasteiger partial charge in [0, 0.05) is 13.1 Å². The Morgan fingerprint density at radius 2 is 1.82 bits per heavy atom. The van der Waals surface area contributed by atoms with E-state index < -0.39 is 24.5 Å². The number of amides is 2. The van der Waals surface area contributed by atoms with Gasteiger partial charge in [0.05, 0.1) is 6.54 Å². The van der Waals surface area contributed by atoms with Crippen LogP contribution in [-0.2, 0) is 9.59 Å². The third-order valence-electron chi connectivity index (χ3n) is 2.17. The number of nitrogens with one attached hydrogen (secondary N) is 1. The fraction of sp³-hybridized carbons (Fsp3) is 0.800. The molecule has 0 aromatic carbocycles. The molecule has 0 saturated carbocycles. The number of hydrogen-bond acceptors (Lipinski definition) is 2. The SMILES string of the molecule is CCCCN(CC)C(=O)CNC(=O)C(F)(F)F. The van der Waals surface area contributed by atoms with E-state index >= 15 is 0 Å². The van der Waals surface area contributed by atoms with Crippen molar-refractivity contribution in [2.24, 2.45) is 0 Å². The Hall–Kier alpha value is -1.27. The minimum atomic E-state index is -4.94. The monoisotopic (exact) mass is 254 g/mol. The van der Waals surface area contributed by atoms with Crippen LogP contribution in [0.2, 0.25) is 0 Å². The quantitative estimate of drug-likeness (QED) is 0.777. The lowest BCUT2D eigenvalue weighted by Gasteiger charge is -2.20. The van der Waals surface area contributed by atoms with E-state index in [9.17, 15) is 22.8 Å². The third-order valence-corrected chi connectivity index (χ3v) is 2.17. The van der Waals surface area contributed by atoms with Gasteiger partial charge in [0.15, 0.2) is 0 Å². The lowest BCUT2D eigenvalue weighted by atomic mass is 10.3. The Labute approximate surface area is 98.2 Å². The Morgan fingerprint density at radius 1 is 1.24 bits per heavy atom. The summed E-state index contributed by atoms with van der Waals surface area (Å²) < 4.78 is 35.5. The molecule has 0 aromatic rings. The first kappa shape index (κ1) is 15.7. The number of nitrogens with zero attached hydrogens (tertiary/aromatic N) is 1. The molecule has 0 aliphatic carbocycles. The summed E-state index contributed by atoms with van der Waals surface area (Å²) in [4.78, 5) is 23.4. The van der Waals surface area contributed by atoms with Crippen LogP contribution in [0.3, 0.4) is 0 Å². The van der Waals surface area contributed by atoms with Crippen molar-refractivity contribution >= 4 is 11.8 Å². The minimum Gasteiger partial charge on any atom is -0.341 e. The van der Waals surface area contributed by atoms with Crippen molar-refractivity contribution in [1.29, 1.82) is 0 Å². The number of hydrogen-bond donors (Lipinski definition) is 1. The molecule has 4 nitrogen and oxygen atoms in total. The molecule has 0 aromatic heterocycles. The fourth-order valence-electron chi connectivity index (χ4n) is 1.18. The van der Waals surface area contributed by atoms with Gasteiger partial charge in [-0.2, -0.15) is 13.2 Å². The fourth-order valence-corrected chi connectivity index (χ4v) is 1.18. The van der Waals surface area contributed by atoms with E-state index in [0.29, 0.717) is 13.1 Å². The zero-order valence-electron chi connectivity index (χ0n) is 9.93. The van der Waals surface area contributed by atoms with E-state index in [1.165, 1.54) is 4.90 Å². The van der Waals surface area contributed by atoms with Crippen molar-refractivity contribution in [1.82, 2.24) is 10.2 Å². The van der Waals surface area contributed by atoms with Gasteiger partial charge in [-0.3, -0.25) is 9.59 Å². The number of halogens is 3. The summed E-state index contributed by atoms with van der Waals surface area (Å²) >= 11 is 0. The van der Waals surface area contributed by atoms with Crippen molar-refractivity contribution in [2.45, 2.75) is 32.9 Å². The highest BCUT2D eigenvalue weighted by molar-refractivity contribution is 5.87. The molecule has 0 atom stereocenters. The van der Waals surface area contributed by atoms with Gasteiger partial charge in [0.2, 0.25) is 5.91 Å². The Kier molecular flexibility index (Phi) is 6.60. The van der Waals surface area contributed by atoms with Gasteiger partial charge in [-0.25, -0.2) is 0 Å². The van der Waals surface area contributed by atoms with E-state index in [2.05, 4.69) is 0 Å². The molecular formula is C10H17F3N2O2. The molecule has 0 unspecified atom stereocenters. The van der Waals surface area contributed by atoms with E-state index in [1.807, 2.05) is 6.92 Å². The number of likely N-dealkylation sites (N-methyl/N-ethyl adjacent to an activating group) is 1. The molecule has 0 radical (unpaired) electrons. The Morgan fingerprint density at radius 3 is 2.24 bits per heavy atom. The average molecular weight is 254 g/mol. The summed E-state index contributed by atoms with van der Waals surface area (Å²) in [6.07, 6.45) is -3.27. The lowest BCUT2D eigenvalue weighted by Crippen LogP contribution is -2.44. The van der Waals surface area contributed by atoms with Gasteiger partial charge in [-0.15, -0.1) is 0 Å². The van der Waals surface area contributed by atoms with Gasteiger partial charge in [0.25, 0.3) is 0 Å². The van der Waals surface area contributed by atoms with Gasteiger partial charge >= 0.3 is 12.1 Å². The summed E-state index contributed by atoms with van der Waals surface area (Å²) in [7, 11) is 0. The predicted octanol–water partition coefficient (Wildman–Crippen LogP) is 1.31. The molecule has 0 bridgehead atoms. The maximum absolute atomic E-state index is 11.8. The molecule has 7 heteroatoms. The maximum atomic E-state index is 11.8. The highest BCUT2D eigenvalue weighted by Gasteiger charge is 2.38. The molecule has 2 amide bonds. The summed E-state index contributed by atoms with van der Waals surface area (Å²) in [5.74, 6) is -2.59.